The molecular weight excluding hydrogens is 416 g/mol. The summed E-state index contributed by atoms with van der Waals surface area (Å²) < 4.78 is 33.1. The molecule has 3 aromatic rings. The largest absolute Gasteiger partial charge is 0.369 e. The van der Waals surface area contributed by atoms with Crippen molar-refractivity contribution >= 4 is 33.4 Å². The van der Waals surface area contributed by atoms with Gasteiger partial charge in [-0.05, 0) is 18.2 Å². The van der Waals surface area contributed by atoms with Gasteiger partial charge in [0, 0.05) is 25.5 Å². The third-order valence-corrected chi connectivity index (χ3v) is 6.64. The normalized spacial score (nSPS) is 17.8. The van der Waals surface area contributed by atoms with Gasteiger partial charge in [-0.1, -0.05) is 23.7 Å². The lowest BCUT2D eigenvalue weighted by molar-refractivity contribution is -0.00506. The average molecular weight is 433 g/mol. The Bertz CT molecular complexity index is 1100. The van der Waals surface area contributed by atoms with E-state index in [0.717, 1.165) is 0 Å². The Kier molecular flexibility index (Phi) is 5.67. The maximum atomic E-state index is 13.0. The first-order valence-electron chi connectivity index (χ1n) is 8.76. The zero-order valence-electron chi connectivity index (χ0n) is 15.1. The van der Waals surface area contributed by atoms with E-state index in [4.69, 9.17) is 16.3 Å². The predicted octanol–water partition coefficient (Wildman–Crippen LogP) is 2.43. The maximum Gasteiger partial charge on any atom is 0.244 e. The van der Waals surface area contributed by atoms with E-state index in [9.17, 15) is 8.42 Å². The van der Waals surface area contributed by atoms with Crippen LogP contribution in [-0.2, 0) is 14.8 Å². The fourth-order valence-electron chi connectivity index (χ4n) is 2.89. The molecule has 9 nitrogen and oxygen atoms in total. The summed E-state index contributed by atoms with van der Waals surface area (Å²) in [5, 5.41) is 3.14. The second kappa shape index (κ2) is 8.37. The van der Waals surface area contributed by atoms with E-state index in [1.807, 2.05) is 0 Å². The number of ether oxygens (including phenoxy) is 1. The molecular formula is C18H17ClN6O3S. The molecule has 1 atom stereocenters. The molecule has 1 saturated heterocycles. The molecule has 150 valence electrons. The molecule has 0 saturated carbocycles. The monoisotopic (exact) mass is 432 g/mol. The van der Waals surface area contributed by atoms with Crippen LogP contribution in [0.3, 0.4) is 0 Å². The number of nitrogens with one attached hydrogen (secondary N) is 1. The van der Waals surface area contributed by atoms with Gasteiger partial charge in [-0.15, -0.1) is 0 Å². The second-order valence-corrected chi connectivity index (χ2v) is 8.49. The van der Waals surface area contributed by atoms with Crippen LogP contribution in [0.15, 0.2) is 60.0 Å². The smallest absolute Gasteiger partial charge is 0.244 e. The van der Waals surface area contributed by atoms with Crippen molar-refractivity contribution in [3.05, 3.63) is 65.8 Å². The summed E-state index contributed by atoms with van der Waals surface area (Å²) in [5.74, 6) is 0.815. The first kappa shape index (κ1) is 19.6. The van der Waals surface area contributed by atoms with Crippen molar-refractivity contribution in [2.45, 2.75) is 11.0 Å². The summed E-state index contributed by atoms with van der Waals surface area (Å²) in [6, 6.07) is 8.08. The topological polar surface area (TPSA) is 110 Å². The van der Waals surface area contributed by atoms with Gasteiger partial charge in [0.05, 0.1) is 29.7 Å². The SMILES string of the molecule is O=S(=O)(c1ccccc1Cl)N1CCO[C@H](c2cncc(Nc3ncccn3)n2)C1. The first-order chi connectivity index (χ1) is 14.0. The summed E-state index contributed by atoms with van der Waals surface area (Å²) in [4.78, 5) is 16.9. The lowest BCUT2D eigenvalue weighted by atomic mass is 10.2. The summed E-state index contributed by atoms with van der Waals surface area (Å²) in [6.07, 6.45) is 5.73. The standard InChI is InChI=1S/C18H17ClN6O3S/c19-13-4-1-2-5-16(13)29(26,27)25-8-9-28-15(12-25)14-10-20-11-17(23-14)24-18-21-6-3-7-22-18/h1-7,10-11,15H,8-9,12H2,(H,21,22,23,24)/t15-/m0/s1. The van der Waals surface area contributed by atoms with Gasteiger partial charge in [-0.2, -0.15) is 4.31 Å². The molecule has 11 heteroatoms. The van der Waals surface area contributed by atoms with Gasteiger partial charge >= 0.3 is 0 Å². The van der Waals surface area contributed by atoms with E-state index >= 15 is 0 Å². The van der Waals surface area contributed by atoms with E-state index in [0.29, 0.717) is 17.5 Å². The molecule has 0 spiro atoms. The molecule has 3 heterocycles. The number of hydrogen-bond donors (Lipinski definition) is 1. The minimum absolute atomic E-state index is 0.0741. The lowest BCUT2D eigenvalue weighted by Crippen LogP contribution is -2.42. The van der Waals surface area contributed by atoms with Crippen molar-refractivity contribution in [1.82, 2.24) is 24.2 Å². The van der Waals surface area contributed by atoms with Gasteiger partial charge in [-0.3, -0.25) is 4.98 Å². The number of rotatable bonds is 5. The lowest BCUT2D eigenvalue weighted by Gasteiger charge is -2.32. The number of anilines is 2. The molecule has 1 N–H and O–H groups in total. The van der Waals surface area contributed by atoms with Gasteiger partial charge in [0.15, 0.2) is 5.82 Å². The van der Waals surface area contributed by atoms with Crippen LogP contribution in [0.25, 0.3) is 0 Å². The second-order valence-electron chi connectivity index (χ2n) is 6.18. The molecule has 1 aliphatic heterocycles. The van der Waals surface area contributed by atoms with Crippen LogP contribution >= 0.6 is 11.6 Å². The van der Waals surface area contributed by atoms with E-state index < -0.39 is 16.1 Å². The molecule has 29 heavy (non-hydrogen) atoms. The number of benzene rings is 1. The molecule has 1 fully saturated rings. The van der Waals surface area contributed by atoms with E-state index in [2.05, 4.69) is 25.3 Å². The fraction of sp³-hybridized carbons (Fsp3) is 0.222. The van der Waals surface area contributed by atoms with Crippen LogP contribution in [0.5, 0.6) is 0 Å². The van der Waals surface area contributed by atoms with E-state index in [1.54, 1.807) is 42.9 Å². The van der Waals surface area contributed by atoms with Crippen LogP contribution in [-0.4, -0.2) is 52.4 Å². The Morgan fingerprint density at radius 1 is 1.14 bits per heavy atom. The van der Waals surface area contributed by atoms with Crippen LogP contribution in [0.2, 0.25) is 5.02 Å². The van der Waals surface area contributed by atoms with Crippen LogP contribution in [0.4, 0.5) is 11.8 Å². The predicted molar refractivity (Wildman–Crippen MR) is 106 cm³/mol. The fourth-order valence-corrected chi connectivity index (χ4v) is 4.81. The zero-order valence-corrected chi connectivity index (χ0v) is 16.7. The highest BCUT2D eigenvalue weighted by atomic mass is 35.5. The highest BCUT2D eigenvalue weighted by Crippen LogP contribution is 2.29. The molecule has 0 unspecified atom stereocenters. The van der Waals surface area contributed by atoms with Crippen LogP contribution < -0.4 is 5.32 Å². The number of hydrogen-bond acceptors (Lipinski definition) is 8. The van der Waals surface area contributed by atoms with Crippen molar-refractivity contribution in [2.75, 3.05) is 25.0 Å². The number of sulfonamides is 1. The number of nitrogens with zero attached hydrogens (tertiary/aromatic N) is 5. The Morgan fingerprint density at radius 2 is 1.93 bits per heavy atom. The Balaban J connectivity index is 1.54. The molecule has 4 rings (SSSR count). The number of morpholine rings is 1. The molecule has 1 aromatic carbocycles. The zero-order chi connectivity index (χ0) is 20.3. The highest BCUT2D eigenvalue weighted by molar-refractivity contribution is 7.89. The molecule has 1 aliphatic rings. The van der Waals surface area contributed by atoms with Crippen molar-refractivity contribution in [3.63, 3.8) is 0 Å². The van der Waals surface area contributed by atoms with Crippen molar-refractivity contribution < 1.29 is 13.2 Å². The summed E-state index contributed by atoms with van der Waals surface area (Å²) in [7, 11) is -3.75. The van der Waals surface area contributed by atoms with Gasteiger partial charge < -0.3 is 10.1 Å². The van der Waals surface area contributed by atoms with Crippen LogP contribution in [0, 0.1) is 0 Å². The number of aromatic nitrogens is 4. The Hall–Kier alpha value is -2.66. The molecule has 0 radical (unpaired) electrons. The average Bonchev–Trinajstić information content (AvgIpc) is 2.75. The summed E-state index contributed by atoms with van der Waals surface area (Å²) in [5.41, 5.74) is 0.505. The van der Waals surface area contributed by atoms with E-state index in [-0.39, 0.29) is 29.6 Å². The van der Waals surface area contributed by atoms with Crippen molar-refractivity contribution in [2.24, 2.45) is 0 Å². The van der Waals surface area contributed by atoms with Crippen LogP contribution in [0.1, 0.15) is 11.8 Å². The summed E-state index contributed by atoms with van der Waals surface area (Å²) >= 11 is 6.10. The van der Waals surface area contributed by atoms with Gasteiger partial charge in [0.2, 0.25) is 16.0 Å². The van der Waals surface area contributed by atoms with E-state index in [1.165, 1.54) is 16.6 Å². The molecule has 0 aliphatic carbocycles. The Morgan fingerprint density at radius 3 is 2.72 bits per heavy atom. The summed E-state index contributed by atoms with van der Waals surface area (Å²) in [6.45, 7) is 0.566. The molecule has 0 bridgehead atoms. The first-order valence-corrected chi connectivity index (χ1v) is 10.6. The molecule has 2 aromatic heterocycles. The highest BCUT2D eigenvalue weighted by Gasteiger charge is 2.33. The van der Waals surface area contributed by atoms with Gasteiger partial charge in [0.25, 0.3) is 0 Å². The maximum absolute atomic E-state index is 13.0. The quantitative estimate of drug-likeness (QED) is 0.654. The third-order valence-electron chi connectivity index (χ3n) is 4.27. The van der Waals surface area contributed by atoms with Crippen molar-refractivity contribution in [3.8, 4) is 0 Å². The van der Waals surface area contributed by atoms with Crippen molar-refractivity contribution in [1.29, 1.82) is 0 Å². The van der Waals surface area contributed by atoms with Gasteiger partial charge in [-0.25, -0.2) is 23.4 Å². The minimum atomic E-state index is -3.75. The molecule has 0 amide bonds. The number of halogens is 1. The third kappa shape index (κ3) is 4.35. The van der Waals surface area contributed by atoms with Gasteiger partial charge in [0.1, 0.15) is 11.0 Å². The minimum Gasteiger partial charge on any atom is -0.369 e. The Labute approximate surface area is 172 Å².